The number of hydrogen-bond donors (Lipinski definition) is 1. The van der Waals surface area contributed by atoms with Crippen LogP contribution in [0.1, 0.15) is 15.9 Å². The van der Waals surface area contributed by atoms with Crippen molar-refractivity contribution in [1.82, 2.24) is 4.98 Å². The maximum atomic E-state index is 12.9. The van der Waals surface area contributed by atoms with Crippen LogP contribution in [0.3, 0.4) is 0 Å². The first-order valence-corrected chi connectivity index (χ1v) is 10.4. The maximum Gasteiger partial charge on any atom is 0.203 e. The molecule has 4 aromatic rings. The van der Waals surface area contributed by atoms with Crippen molar-refractivity contribution in [3.8, 4) is 33.6 Å². The van der Waals surface area contributed by atoms with Gasteiger partial charge in [-0.25, -0.2) is 4.98 Å². The summed E-state index contributed by atoms with van der Waals surface area (Å²) in [6.07, 6.45) is 0.117. The third-order valence-corrected chi connectivity index (χ3v) is 6.01. The van der Waals surface area contributed by atoms with Gasteiger partial charge in [0.15, 0.2) is 17.3 Å². The van der Waals surface area contributed by atoms with Gasteiger partial charge in [-0.05, 0) is 42.0 Å². The minimum absolute atomic E-state index is 0.0919. The van der Waals surface area contributed by atoms with Crippen LogP contribution in [0.4, 0.5) is 0 Å². The molecule has 0 radical (unpaired) electrons. The summed E-state index contributed by atoms with van der Waals surface area (Å²) < 4.78 is 17.0. The first kappa shape index (κ1) is 20.7. The number of rotatable bonds is 7. The van der Waals surface area contributed by atoms with E-state index in [4.69, 9.17) is 14.2 Å². The summed E-state index contributed by atoms with van der Waals surface area (Å²) in [5.74, 6) is 1.22. The van der Waals surface area contributed by atoms with E-state index < -0.39 is 0 Å². The number of hydrogen-bond acceptors (Lipinski definition) is 7. The van der Waals surface area contributed by atoms with Crippen LogP contribution in [0.2, 0.25) is 0 Å². The predicted octanol–water partition coefficient (Wildman–Crippen LogP) is 5.12. The fourth-order valence-corrected chi connectivity index (χ4v) is 4.38. The highest BCUT2D eigenvalue weighted by molar-refractivity contribution is 7.21. The average molecular weight is 436 g/mol. The lowest BCUT2D eigenvalue weighted by molar-refractivity contribution is 0.0992. The Morgan fingerprint density at radius 3 is 2.29 bits per heavy atom. The molecule has 4 rings (SSSR count). The van der Waals surface area contributed by atoms with E-state index in [-0.39, 0.29) is 18.0 Å². The molecule has 0 amide bonds. The molecule has 0 spiro atoms. The van der Waals surface area contributed by atoms with Crippen LogP contribution >= 0.6 is 11.3 Å². The van der Waals surface area contributed by atoms with Gasteiger partial charge in [-0.2, -0.15) is 0 Å². The van der Waals surface area contributed by atoms with Gasteiger partial charge < -0.3 is 19.3 Å². The lowest BCUT2D eigenvalue weighted by atomic mass is 10.0. The largest absolute Gasteiger partial charge is 0.507 e. The van der Waals surface area contributed by atoms with E-state index in [2.05, 4.69) is 4.98 Å². The van der Waals surface area contributed by atoms with Gasteiger partial charge in [-0.3, -0.25) is 4.79 Å². The third kappa shape index (κ3) is 4.04. The first-order chi connectivity index (χ1) is 15.0. The Bertz CT molecular complexity index is 1210. The standard InChI is InChI=1S/C24H21NO5S/c1-28-20-12-15(13-21(29-2)23(20)30-3)18(26)10-14-8-9-16(19(27)11-14)24-25-17-6-4-5-7-22(17)31-24/h4-9,11-13,27H,10H2,1-3H3. The van der Waals surface area contributed by atoms with Crippen LogP contribution in [-0.2, 0) is 6.42 Å². The topological polar surface area (TPSA) is 77.9 Å². The van der Waals surface area contributed by atoms with Crippen molar-refractivity contribution in [2.24, 2.45) is 0 Å². The Balaban J connectivity index is 1.60. The minimum atomic E-state index is -0.133. The Hall–Kier alpha value is -3.58. The van der Waals surface area contributed by atoms with E-state index in [0.717, 1.165) is 15.2 Å². The summed E-state index contributed by atoms with van der Waals surface area (Å²) in [6.45, 7) is 0. The molecule has 0 aliphatic rings. The molecule has 0 aliphatic carbocycles. The number of methoxy groups -OCH3 is 3. The third-order valence-electron chi connectivity index (χ3n) is 4.94. The fraction of sp³-hybridized carbons (Fsp3) is 0.167. The molecule has 0 aliphatic heterocycles. The second-order valence-electron chi connectivity index (χ2n) is 6.85. The normalized spacial score (nSPS) is 10.8. The van der Waals surface area contributed by atoms with Crippen LogP contribution in [0, 0.1) is 0 Å². The molecule has 158 valence electrons. The van der Waals surface area contributed by atoms with E-state index in [0.29, 0.717) is 33.9 Å². The van der Waals surface area contributed by atoms with Crippen molar-refractivity contribution in [1.29, 1.82) is 0 Å². The number of aromatic nitrogens is 1. The van der Waals surface area contributed by atoms with Gasteiger partial charge >= 0.3 is 0 Å². The number of thiazole rings is 1. The number of ketones is 1. The molecular weight excluding hydrogens is 414 g/mol. The summed E-state index contributed by atoms with van der Waals surface area (Å²) in [5.41, 5.74) is 2.67. The zero-order valence-corrected chi connectivity index (χ0v) is 18.2. The summed E-state index contributed by atoms with van der Waals surface area (Å²) >= 11 is 1.52. The summed E-state index contributed by atoms with van der Waals surface area (Å²) in [5, 5.41) is 11.3. The Kier molecular flexibility index (Phi) is 5.77. The average Bonchev–Trinajstić information content (AvgIpc) is 3.21. The van der Waals surface area contributed by atoms with Gasteiger partial charge in [-0.1, -0.05) is 18.2 Å². The van der Waals surface area contributed by atoms with Gasteiger partial charge in [-0.15, -0.1) is 11.3 Å². The SMILES string of the molecule is COc1cc(C(=O)Cc2ccc(-c3nc4ccccc4s3)c(O)c2)cc(OC)c1OC. The number of nitrogens with zero attached hydrogens (tertiary/aromatic N) is 1. The number of carbonyl (C=O) groups is 1. The van der Waals surface area contributed by atoms with Crippen molar-refractivity contribution in [3.63, 3.8) is 0 Å². The molecule has 7 heteroatoms. The number of ether oxygens (including phenoxy) is 3. The van der Waals surface area contributed by atoms with Crippen molar-refractivity contribution in [3.05, 3.63) is 65.7 Å². The van der Waals surface area contributed by atoms with Crippen LogP contribution in [0.25, 0.3) is 20.8 Å². The lowest BCUT2D eigenvalue weighted by Crippen LogP contribution is -2.06. The van der Waals surface area contributed by atoms with E-state index in [1.54, 1.807) is 24.3 Å². The number of phenols is 1. The van der Waals surface area contributed by atoms with E-state index in [9.17, 15) is 9.90 Å². The molecule has 0 fully saturated rings. The number of carbonyl (C=O) groups excluding carboxylic acids is 1. The van der Waals surface area contributed by atoms with Crippen LogP contribution in [0.5, 0.6) is 23.0 Å². The van der Waals surface area contributed by atoms with Crippen molar-refractivity contribution >= 4 is 27.3 Å². The molecule has 6 nitrogen and oxygen atoms in total. The predicted molar refractivity (Wildman–Crippen MR) is 121 cm³/mol. The molecule has 1 N–H and O–H groups in total. The van der Waals surface area contributed by atoms with E-state index in [1.165, 1.54) is 32.7 Å². The Morgan fingerprint density at radius 2 is 1.68 bits per heavy atom. The monoisotopic (exact) mass is 435 g/mol. The second kappa shape index (κ2) is 8.65. The molecule has 0 bridgehead atoms. The number of Topliss-reactive ketones (excluding diaryl/α,β-unsaturated/α-hetero) is 1. The Morgan fingerprint density at radius 1 is 0.968 bits per heavy atom. The summed E-state index contributed by atoms with van der Waals surface area (Å²) in [4.78, 5) is 17.5. The number of aromatic hydroxyl groups is 1. The molecule has 0 unspecified atom stereocenters. The molecule has 1 aromatic heterocycles. The lowest BCUT2D eigenvalue weighted by Gasteiger charge is -2.14. The van der Waals surface area contributed by atoms with Crippen LogP contribution in [0.15, 0.2) is 54.6 Å². The summed E-state index contributed by atoms with van der Waals surface area (Å²) in [6, 6.07) is 16.3. The Labute approximate surface area is 183 Å². The molecular formula is C24H21NO5S. The maximum absolute atomic E-state index is 12.9. The van der Waals surface area contributed by atoms with Crippen LogP contribution < -0.4 is 14.2 Å². The number of para-hydroxylation sites is 1. The quantitative estimate of drug-likeness (QED) is 0.406. The minimum Gasteiger partial charge on any atom is -0.507 e. The fourth-order valence-electron chi connectivity index (χ4n) is 3.38. The van der Waals surface area contributed by atoms with Gasteiger partial charge in [0.1, 0.15) is 10.8 Å². The smallest absolute Gasteiger partial charge is 0.203 e. The van der Waals surface area contributed by atoms with Gasteiger partial charge in [0.25, 0.3) is 0 Å². The zero-order valence-electron chi connectivity index (χ0n) is 17.3. The highest BCUT2D eigenvalue weighted by Crippen LogP contribution is 2.39. The van der Waals surface area contributed by atoms with Crippen molar-refractivity contribution in [2.45, 2.75) is 6.42 Å². The van der Waals surface area contributed by atoms with E-state index in [1.807, 2.05) is 30.3 Å². The van der Waals surface area contributed by atoms with Gasteiger partial charge in [0.05, 0.1) is 37.1 Å². The molecule has 31 heavy (non-hydrogen) atoms. The number of fused-ring (bicyclic) bond motifs is 1. The molecule has 3 aromatic carbocycles. The van der Waals surface area contributed by atoms with Gasteiger partial charge in [0, 0.05) is 12.0 Å². The van der Waals surface area contributed by atoms with Crippen molar-refractivity contribution in [2.75, 3.05) is 21.3 Å². The highest BCUT2D eigenvalue weighted by Gasteiger charge is 2.18. The first-order valence-electron chi connectivity index (χ1n) is 9.55. The number of phenolic OH excluding ortho intramolecular Hbond substituents is 1. The molecule has 1 heterocycles. The van der Waals surface area contributed by atoms with Crippen molar-refractivity contribution < 1.29 is 24.1 Å². The molecule has 0 atom stereocenters. The molecule has 0 saturated carbocycles. The van der Waals surface area contributed by atoms with E-state index >= 15 is 0 Å². The summed E-state index contributed by atoms with van der Waals surface area (Å²) in [7, 11) is 4.52. The highest BCUT2D eigenvalue weighted by atomic mass is 32.1. The molecule has 0 saturated heterocycles. The van der Waals surface area contributed by atoms with Gasteiger partial charge in [0.2, 0.25) is 5.75 Å². The van der Waals surface area contributed by atoms with Crippen LogP contribution in [-0.4, -0.2) is 37.2 Å². The zero-order chi connectivity index (χ0) is 22.0. The second-order valence-corrected chi connectivity index (χ2v) is 7.88. The number of benzene rings is 3.